The van der Waals surface area contributed by atoms with Gasteiger partial charge in [0.25, 0.3) is 0 Å². The van der Waals surface area contributed by atoms with Gasteiger partial charge >= 0.3 is 5.97 Å². The van der Waals surface area contributed by atoms with Gasteiger partial charge in [-0.2, -0.15) is 5.10 Å². The SMILES string of the molecule is C=CC(=O)OC.CC(=O)n1ncc(I)c1C. The van der Waals surface area contributed by atoms with Crippen LogP contribution in [0.2, 0.25) is 0 Å². The molecule has 1 rings (SSSR count). The van der Waals surface area contributed by atoms with E-state index in [0.717, 1.165) is 15.3 Å². The van der Waals surface area contributed by atoms with E-state index in [1.807, 2.05) is 6.92 Å². The summed E-state index contributed by atoms with van der Waals surface area (Å²) in [5.41, 5.74) is 0.910. The highest BCUT2D eigenvalue weighted by atomic mass is 127. The largest absolute Gasteiger partial charge is 0.466 e. The van der Waals surface area contributed by atoms with Crippen molar-refractivity contribution in [2.45, 2.75) is 13.8 Å². The second kappa shape index (κ2) is 7.15. The third-order valence-corrected chi connectivity index (χ3v) is 2.68. The molecule has 0 fully saturated rings. The van der Waals surface area contributed by atoms with Crippen molar-refractivity contribution in [1.29, 1.82) is 0 Å². The average Bonchev–Trinajstić information content (AvgIpc) is 2.59. The van der Waals surface area contributed by atoms with Crippen LogP contribution in [-0.4, -0.2) is 28.8 Å². The molecule has 0 aliphatic carbocycles. The number of nitrogens with zero attached hydrogens (tertiary/aromatic N) is 2. The molecule has 0 aromatic carbocycles. The molecule has 88 valence electrons. The number of hydrogen-bond donors (Lipinski definition) is 0. The zero-order chi connectivity index (χ0) is 12.7. The van der Waals surface area contributed by atoms with E-state index in [1.54, 1.807) is 6.20 Å². The van der Waals surface area contributed by atoms with Crippen LogP contribution in [-0.2, 0) is 9.53 Å². The molecule has 0 spiro atoms. The number of hydrogen-bond acceptors (Lipinski definition) is 4. The van der Waals surface area contributed by atoms with Crippen molar-refractivity contribution in [3.63, 3.8) is 0 Å². The number of rotatable bonds is 1. The highest BCUT2D eigenvalue weighted by molar-refractivity contribution is 14.1. The molecule has 0 radical (unpaired) electrons. The van der Waals surface area contributed by atoms with Crippen LogP contribution in [0.25, 0.3) is 0 Å². The molecular formula is C10H13IN2O3. The first-order valence-corrected chi connectivity index (χ1v) is 5.43. The predicted octanol–water partition coefficient (Wildman–Crippen LogP) is 1.80. The monoisotopic (exact) mass is 336 g/mol. The molecule has 16 heavy (non-hydrogen) atoms. The van der Waals surface area contributed by atoms with E-state index in [1.165, 1.54) is 18.7 Å². The van der Waals surface area contributed by atoms with Gasteiger partial charge in [0.05, 0.1) is 22.6 Å². The third-order valence-electron chi connectivity index (χ3n) is 1.62. The molecule has 0 aliphatic rings. The van der Waals surface area contributed by atoms with Gasteiger partial charge in [0.15, 0.2) is 0 Å². The number of ether oxygens (including phenoxy) is 1. The van der Waals surface area contributed by atoms with Crippen LogP contribution in [0.5, 0.6) is 0 Å². The highest BCUT2D eigenvalue weighted by Gasteiger charge is 2.05. The van der Waals surface area contributed by atoms with Gasteiger partial charge < -0.3 is 4.74 Å². The first-order chi connectivity index (χ1) is 7.43. The van der Waals surface area contributed by atoms with Crippen LogP contribution in [0, 0.1) is 10.5 Å². The van der Waals surface area contributed by atoms with Gasteiger partial charge in [0.2, 0.25) is 5.91 Å². The van der Waals surface area contributed by atoms with E-state index in [4.69, 9.17) is 0 Å². The molecule has 1 aromatic heterocycles. The molecule has 0 aliphatic heterocycles. The zero-order valence-electron chi connectivity index (χ0n) is 9.36. The Labute approximate surface area is 108 Å². The van der Waals surface area contributed by atoms with E-state index in [-0.39, 0.29) is 5.91 Å². The smallest absolute Gasteiger partial charge is 0.329 e. The molecule has 0 unspecified atom stereocenters. The maximum absolute atomic E-state index is 10.8. The Hall–Kier alpha value is -1.18. The summed E-state index contributed by atoms with van der Waals surface area (Å²) in [4.78, 5) is 20.6. The minimum Gasteiger partial charge on any atom is -0.466 e. The Kier molecular flexibility index (Phi) is 6.63. The summed E-state index contributed by atoms with van der Waals surface area (Å²) in [5, 5.41) is 3.87. The fraction of sp³-hybridized carbons (Fsp3) is 0.300. The van der Waals surface area contributed by atoms with Gasteiger partial charge in [-0.15, -0.1) is 0 Å². The minimum atomic E-state index is -0.394. The van der Waals surface area contributed by atoms with E-state index in [0.29, 0.717) is 0 Å². The van der Waals surface area contributed by atoms with Gasteiger partial charge in [-0.05, 0) is 29.5 Å². The summed E-state index contributed by atoms with van der Waals surface area (Å²) in [6, 6.07) is 0. The zero-order valence-corrected chi connectivity index (χ0v) is 11.5. The van der Waals surface area contributed by atoms with Gasteiger partial charge in [0.1, 0.15) is 0 Å². The Morgan fingerprint density at radius 1 is 1.62 bits per heavy atom. The Morgan fingerprint density at radius 2 is 2.19 bits per heavy atom. The van der Waals surface area contributed by atoms with Gasteiger partial charge in [-0.3, -0.25) is 4.79 Å². The molecule has 6 heteroatoms. The van der Waals surface area contributed by atoms with Crippen LogP contribution in [0.3, 0.4) is 0 Å². The lowest BCUT2D eigenvalue weighted by Gasteiger charge is -1.95. The molecular weight excluding hydrogens is 323 g/mol. The number of carbonyl (C=O) groups is 2. The lowest BCUT2D eigenvalue weighted by molar-refractivity contribution is -0.134. The lowest BCUT2D eigenvalue weighted by atomic mass is 10.5. The van der Waals surface area contributed by atoms with E-state index in [9.17, 15) is 9.59 Å². The topological polar surface area (TPSA) is 61.2 Å². The van der Waals surface area contributed by atoms with E-state index < -0.39 is 5.97 Å². The van der Waals surface area contributed by atoms with Crippen molar-refractivity contribution in [2.24, 2.45) is 0 Å². The van der Waals surface area contributed by atoms with Gasteiger partial charge in [0, 0.05) is 13.0 Å². The van der Waals surface area contributed by atoms with Crippen molar-refractivity contribution in [3.8, 4) is 0 Å². The van der Waals surface area contributed by atoms with Crippen LogP contribution >= 0.6 is 22.6 Å². The number of methoxy groups -OCH3 is 1. The van der Waals surface area contributed by atoms with Crippen molar-refractivity contribution < 1.29 is 14.3 Å². The van der Waals surface area contributed by atoms with Crippen LogP contribution in [0.1, 0.15) is 17.4 Å². The second-order valence-corrected chi connectivity index (χ2v) is 3.90. The molecule has 0 N–H and O–H groups in total. The first-order valence-electron chi connectivity index (χ1n) is 4.35. The number of esters is 1. The number of carbonyl (C=O) groups excluding carboxylic acids is 2. The van der Waals surface area contributed by atoms with E-state index >= 15 is 0 Å². The van der Waals surface area contributed by atoms with Crippen LogP contribution in [0.15, 0.2) is 18.9 Å². The Bertz CT molecular complexity index is 399. The number of halogens is 1. The molecule has 0 saturated heterocycles. The predicted molar refractivity (Wildman–Crippen MR) is 68.2 cm³/mol. The molecule has 1 heterocycles. The second-order valence-electron chi connectivity index (χ2n) is 2.74. The average molecular weight is 336 g/mol. The fourth-order valence-electron chi connectivity index (χ4n) is 0.790. The molecule has 0 amide bonds. The Balaban J connectivity index is 0.000000325. The fourth-order valence-corrected chi connectivity index (χ4v) is 1.14. The molecule has 0 saturated carbocycles. The van der Waals surface area contributed by atoms with Crippen LogP contribution in [0.4, 0.5) is 0 Å². The normalized spacial score (nSPS) is 8.75. The third kappa shape index (κ3) is 4.56. The molecule has 0 atom stereocenters. The van der Waals surface area contributed by atoms with Crippen molar-refractivity contribution in [1.82, 2.24) is 9.78 Å². The lowest BCUT2D eigenvalue weighted by Crippen LogP contribution is -2.08. The maximum Gasteiger partial charge on any atom is 0.329 e. The summed E-state index contributed by atoms with van der Waals surface area (Å²) >= 11 is 2.14. The number of aromatic nitrogens is 2. The van der Waals surface area contributed by atoms with Gasteiger partial charge in [-0.1, -0.05) is 6.58 Å². The molecule has 1 aromatic rings. The standard InChI is InChI=1S/C6H7IN2O.C4H6O2/c1-4-6(7)3-8-9(4)5(2)10;1-3-4(5)6-2/h3H,1-2H3;3H,1H2,2H3. The summed E-state index contributed by atoms with van der Waals surface area (Å²) in [6.07, 6.45) is 2.79. The Morgan fingerprint density at radius 3 is 2.31 bits per heavy atom. The van der Waals surface area contributed by atoms with Crippen molar-refractivity contribution in [3.05, 3.63) is 28.1 Å². The quantitative estimate of drug-likeness (QED) is 0.446. The summed E-state index contributed by atoms with van der Waals surface area (Å²) in [6.45, 7) is 6.52. The summed E-state index contributed by atoms with van der Waals surface area (Å²) < 4.78 is 6.55. The summed E-state index contributed by atoms with van der Waals surface area (Å²) in [5.74, 6) is -0.435. The van der Waals surface area contributed by atoms with Gasteiger partial charge in [-0.25, -0.2) is 9.48 Å². The highest BCUT2D eigenvalue weighted by Crippen LogP contribution is 2.08. The van der Waals surface area contributed by atoms with Crippen LogP contribution < -0.4 is 0 Å². The van der Waals surface area contributed by atoms with E-state index in [2.05, 4.69) is 39.0 Å². The molecule has 5 nitrogen and oxygen atoms in total. The minimum absolute atomic E-state index is 0.0413. The summed E-state index contributed by atoms with van der Waals surface area (Å²) in [7, 11) is 1.31. The van der Waals surface area contributed by atoms with Crippen molar-refractivity contribution >= 4 is 34.5 Å². The molecule has 0 bridgehead atoms. The maximum atomic E-state index is 10.8. The first kappa shape index (κ1) is 14.8. The van der Waals surface area contributed by atoms with Crippen molar-refractivity contribution in [2.75, 3.05) is 7.11 Å².